The minimum atomic E-state index is 0.575. The number of nitrogens with zero attached hydrogens (tertiary/aromatic N) is 3. The maximum Gasteiger partial charge on any atom is 0.229 e. The van der Waals surface area contributed by atoms with Crippen molar-refractivity contribution in [1.82, 2.24) is 25.4 Å². The Morgan fingerprint density at radius 2 is 2.03 bits per heavy atom. The van der Waals surface area contributed by atoms with E-state index in [1.165, 1.54) is 10.9 Å². The standard InChI is InChI=1S/C24H25N7/c1-2-9-22-20(8-1)21(17-27-22)18-6-3-7-19(16-18)29-24-26-13-10-23(30-24)25-11-4-14-31-15-5-12-28-31/h1-3,5-10,12-13,16-17,27-28H,4,11,14-15H2,(H2,25,26,29,30). The minimum absolute atomic E-state index is 0.575. The Hall–Kier alpha value is -3.84. The van der Waals surface area contributed by atoms with Crippen LogP contribution in [0.5, 0.6) is 0 Å². The Morgan fingerprint density at radius 3 is 2.97 bits per heavy atom. The number of benzene rings is 2. The van der Waals surface area contributed by atoms with E-state index in [4.69, 9.17) is 0 Å². The highest BCUT2D eigenvalue weighted by Crippen LogP contribution is 2.30. The second-order valence-corrected chi connectivity index (χ2v) is 7.48. The number of aromatic amines is 1. The topological polar surface area (TPSA) is 80.9 Å². The minimum Gasteiger partial charge on any atom is -0.370 e. The van der Waals surface area contributed by atoms with Crippen LogP contribution in [0.4, 0.5) is 17.5 Å². The van der Waals surface area contributed by atoms with Crippen molar-refractivity contribution in [3.8, 4) is 11.1 Å². The fraction of sp³-hybridized carbons (Fsp3) is 0.167. The van der Waals surface area contributed by atoms with Crippen molar-refractivity contribution in [3.05, 3.63) is 79.3 Å². The molecule has 2 aromatic heterocycles. The lowest BCUT2D eigenvalue weighted by atomic mass is 10.0. The molecule has 0 unspecified atom stereocenters. The van der Waals surface area contributed by atoms with E-state index in [-0.39, 0.29) is 0 Å². The summed E-state index contributed by atoms with van der Waals surface area (Å²) in [6.07, 6.45) is 8.94. The van der Waals surface area contributed by atoms with Crippen molar-refractivity contribution in [2.75, 3.05) is 30.3 Å². The first kappa shape index (κ1) is 19.1. The lowest BCUT2D eigenvalue weighted by Gasteiger charge is -2.15. The third-order valence-electron chi connectivity index (χ3n) is 5.29. The molecule has 3 heterocycles. The predicted molar refractivity (Wildman–Crippen MR) is 126 cm³/mol. The second-order valence-electron chi connectivity index (χ2n) is 7.48. The Labute approximate surface area is 181 Å². The highest BCUT2D eigenvalue weighted by Gasteiger charge is 2.08. The van der Waals surface area contributed by atoms with Crippen molar-refractivity contribution in [2.45, 2.75) is 6.42 Å². The van der Waals surface area contributed by atoms with Gasteiger partial charge in [0.2, 0.25) is 5.95 Å². The molecule has 0 saturated carbocycles. The van der Waals surface area contributed by atoms with Gasteiger partial charge in [-0.3, -0.25) is 0 Å². The summed E-state index contributed by atoms with van der Waals surface area (Å²) in [5.41, 5.74) is 7.61. The molecular formula is C24H25N7. The average Bonchev–Trinajstić information content (AvgIpc) is 3.47. The fourth-order valence-corrected chi connectivity index (χ4v) is 3.75. The molecule has 0 radical (unpaired) electrons. The summed E-state index contributed by atoms with van der Waals surface area (Å²) in [5, 5.41) is 10.1. The van der Waals surface area contributed by atoms with Gasteiger partial charge in [0.15, 0.2) is 0 Å². The zero-order chi connectivity index (χ0) is 20.9. The molecule has 0 fully saturated rings. The van der Waals surface area contributed by atoms with E-state index in [0.717, 1.165) is 48.6 Å². The van der Waals surface area contributed by atoms with E-state index >= 15 is 0 Å². The van der Waals surface area contributed by atoms with Gasteiger partial charge in [-0.05, 0) is 36.2 Å². The summed E-state index contributed by atoms with van der Waals surface area (Å²) in [4.78, 5) is 12.3. The number of para-hydroxylation sites is 1. The molecule has 7 heteroatoms. The van der Waals surface area contributed by atoms with E-state index in [0.29, 0.717) is 5.95 Å². The normalized spacial score (nSPS) is 13.4. The molecule has 4 aromatic rings. The van der Waals surface area contributed by atoms with Crippen molar-refractivity contribution in [2.24, 2.45) is 0 Å². The number of anilines is 3. The second kappa shape index (κ2) is 8.89. The summed E-state index contributed by atoms with van der Waals surface area (Å²) in [5.74, 6) is 1.39. The monoisotopic (exact) mass is 411 g/mol. The first-order chi connectivity index (χ1) is 15.3. The molecule has 1 aliphatic rings. The van der Waals surface area contributed by atoms with Crippen LogP contribution in [-0.4, -0.2) is 39.6 Å². The molecule has 0 amide bonds. The van der Waals surface area contributed by atoms with Crippen molar-refractivity contribution in [3.63, 3.8) is 0 Å². The van der Waals surface area contributed by atoms with Gasteiger partial charge in [-0.15, -0.1) is 0 Å². The van der Waals surface area contributed by atoms with Crippen LogP contribution in [-0.2, 0) is 0 Å². The van der Waals surface area contributed by atoms with Crippen LogP contribution in [0.15, 0.2) is 79.3 Å². The molecule has 7 nitrogen and oxygen atoms in total. The largest absolute Gasteiger partial charge is 0.370 e. The summed E-state index contributed by atoms with van der Waals surface area (Å²) in [6.45, 7) is 2.79. The Balaban J connectivity index is 1.24. The van der Waals surface area contributed by atoms with Gasteiger partial charge in [-0.1, -0.05) is 36.4 Å². The number of aromatic nitrogens is 3. The summed E-state index contributed by atoms with van der Waals surface area (Å²) < 4.78 is 0. The molecule has 5 rings (SSSR count). The number of hydrogen-bond acceptors (Lipinski definition) is 6. The van der Waals surface area contributed by atoms with Gasteiger partial charge in [0, 0.05) is 60.4 Å². The molecule has 0 spiro atoms. The molecule has 4 N–H and O–H groups in total. The number of nitrogens with one attached hydrogen (secondary N) is 4. The molecule has 2 aromatic carbocycles. The van der Waals surface area contributed by atoms with Gasteiger partial charge in [0.1, 0.15) is 5.82 Å². The van der Waals surface area contributed by atoms with Crippen molar-refractivity contribution < 1.29 is 0 Å². The highest BCUT2D eigenvalue weighted by atomic mass is 15.5. The van der Waals surface area contributed by atoms with E-state index in [1.54, 1.807) is 6.20 Å². The molecule has 0 atom stereocenters. The maximum atomic E-state index is 4.60. The third-order valence-corrected chi connectivity index (χ3v) is 5.29. The Morgan fingerprint density at radius 1 is 1.06 bits per heavy atom. The number of fused-ring (bicyclic) bond motifs is 1. The van der Waals surface area contributed by atoms with Crippen molar-refractivity contribution in [1.29, 1.82) is 0 Å². The van der Waals surface area contributed by atoms with Crippen molar-refractivity contribution >= 4 is 28.4 Å². The number of hydrogen-bond donors (Lipinski definition) is 4. The molecule has 1 aliphatic heterocycles. The van der Waals surface area contributed by atoms with E-state index in [2.05, 4.69) is 78.6 Å². The highest BCUT2D eigenvalue weighted by molar-refractivity contribution is 5.96. The fourth-order valence-electron chi connectivity index (χ4n) is 3.75. The first-order valence-corrected chi connectivity index (χ1v) is 10.5. The maximum absolute atomic E-state index is 4.60. The average molecular weight is 412 g/mol. The zero-order valence-corrected chi connectivity index (χ0v) is 17.2. The lowest BCUT2D eigenvalue weighted by molar-refractivity contribution is 0.266. The third kappa shape index (κ3) is 4.51. The van der Waals surface area contributed by atoms with Crippen LogP contribution >= 0.6 is 0 Å². The van der Waals surface area contributed by atoms with Crippen LogP contribution in [0, 0.1) is 0 Å². The number of rotatable bonds is 8. The van der Waals surface area contributed by atoms with E-state index in [9.17, 15) is 0 Å². The molecule has 0 aliphatic carbocycles. The summed E-state index contributed by atoms with van der Waals surface area (Å²) in [7, 11) is 0. The van der Waals surface area contributed by atoms with Gasteiger partial charge < -0.3 is 21.0 Å². The van der Waals surface area contributed by atoms with Gasteiger partial charge in [-0.25, -0.2) is 9.99 Å². The van der Waals surface area contributed by atoms with Crippen LogP contribution in [0.25, 0.3) is 22.0 Å². The molecule has 31 heavy (non-hydrogen) atoms. The molecule has 0 bridgehead atoms. The van der Waals surface area contributed by atoms with Gasteiger partial charge in [-0.2, -0.15) is 4.98 Å². The van der Waals surface area contributed by atoms with Gasteiger partial charge >= 0.3 is 0 Å². The molecular weight excluding hydrogens is 386 g/mol. The van der Waals surface area contributed by atoms with Crippen LogP contribution in [0.1, 0.15) is 6.42 Å². The molecule has 156 valence electrons. The molecule has 0 saturated heterocycles. The van der Waals surface area contributed by atoms with Crippen LogP contribution < -0.4 is 16.1 Å². The Kier molecular flexibility index (Phi) is 5.49. The Bertz CT molecular complexity index is 1190. The van der Waals surface area contributed by atoms with Crippen LogP contribution in [0.2, 0.25) is 0 Å². The smallest absolute Gasteiger partial charge is 0.229 e. The zero-order valence-electron chi connectivity index (χ0n) is 17.2. The van der Waals surface area contributed by atoms with Gasteiger partial charge in [0.25, 0.3) is 0 Å². The number of hydrazine groups is 1. The SMILES string of the molecule is C1=CNN(CCCNc2ccnc(Nc3cccc(-c4c[nH]c5ccccc45)c3)n2)C1. The lowest BCUT2D eigenvalue weighted by Crippen LogP contribution is -2.31. The first-order valence-electron chi connectivity index (χ1n) is 10.5. The quantitative estimate of drug-likeness (QED) is 0.320. The van der Waals surface area contributed by atoms with E-state index in [1.807, 2.05) is 30.5 Å². The van der Waals surface area contributed by atoms with Gasteiger partial charge in [0.05, 0.1) is 0 Å². The van der Waals surface area contributed by atoms with Crippen LogP contribution in [0.3, 0.4) is 0 Å². The summed E-state index contributed by atoms with van der Waals surface area (Å²) >= 11 is 0. The summed E-state index contributed by atoms with van der Waals surface area (Å²) in [6, 6.07) is 18.5. The predicted octanol–water partition coefficient (Wildman–Crippen LogP) is 4.50. The number of H-pyrrole nitrogens is 1. The van der Waals surface area contributed by atoms with E-state index < -0.39 is 0 Å².